The minimum absolute atomic E-state index is 0.0669. The average molecular weight is 618 g/mol. The number of nitrogens with zero attached hydrogens (tertiary/aromatic N) is 5. The van der Waals surface area contributed by atoms with Crippen LogP contribution < -0.4 is 5.69 Å². The summed E-state index contributed by atoms with van der Waals surface area (Å²) in [4.78, 5) is 25.4. The van der Waals surface area contributed by atoms with Gasteiger partial charge in [0.05, 0.1) is 48.1 Å². The van der Waals surface area contributed by atoms with E-state index < -0.39 is 23.8 Å². The molecule has 0 atom stereocenters. The fourth-order valence-electron chi connectivity index (χ4n) is 5.83. The minimum Gasteiger partial charge on any atom is -0.415 e. The molecule has 8 rings (SSSR count). The summed E-state index contributed by atoms with van der Waals surface area (Å²) in [5, 5.41) is 7.75. The van der Waals surface area contributed by atoms with Gasteiger partial charge in [0.15, 0.2) is 0 Å². The number of pyridine rings is 1. The van der Waals surface area contributed by atoms with E-state index in [9.17, 15) is 13.6 Å². The van der Waals surface area contributed by atoms with Gasteiger partial charge in [-0.2, -0.15) is 8.78 Å². The Morgan fingerprint density at radius 3 is 2.53 bits per heavy atom. The molecule has 232 valence electrons. The maximum Gasteiger partial charge on any atom is 0.326 e. The second-order valence-corrected chi connectivity index (χ2v) is 11.2. The SMILES string of the molecule is C1CCN(C2COC2)CC1.O=c1[nH]c2cc(-c3cccc4[nH]ccc34)c(F)cc2n1Cc1ccc(-c2nnc(C(F)F)o2)cn1. The normalized spacial score (nSPS) is 15.8. The number of imidazole rings is 1. The first-order chi connectivity index (χ1) is 21.9. The second-order valence-electron chi connectivity index (χ2n) is 11.2. The lowest BCUT2D eigenvalue weighted by Crippen LogP contribution is -2.50. The molecule has 2 N–H and O–H groups in total. The van der Waals surface area contributed by atoms with E-state index in [1.165, 1.54) is 49.2 Å². The van der Waals surface area contributed by atoms with Crippen molar-refractivity contribution in [1.82, 2.24) is 34.6 Å². The van der Waals surface area contributed by atoms with Gasteiger partial charge in [-0.15, -0.1) is 10.2 Å². The predicted octanol–water partition coefficient (Wildman–Crippen LogP) is 5.92. The fraction of sp³-hybridized carbons (Fsp3) is 0.312. The van der Waals surface area contributed by atoms with E-state index in [1.807, 2.05) is 24.3 Å². The summed E-state index contributed by atoms with van der Waals surface area (Å²) in [5.41, 5.74) is 3.28. The third-order valence-electron chi connectivity index (χ3n) is 8.29. The van der Waals surface area contributed by atoms with Crippen LogP contribution in [0, 0.1) is 5.82 Å². The van der Waals surface area contributed by atoms with Crippen LogP contribution in [0.4, 0.5) is 13.2 Å². The Balaban J connectivity index is 0.000000275. The monoisotopic (exact) mass is 617 g/mol. The molecule has 13 heteroatoms. The number of fused-ring (bicyclic) bond motifs is 2. The molecule has 6 aromatic rings. The molecule has 0 amide bonds. The molecule has 45 heavy (non-hydrogen) atoms. The molecule has 0 saturated carbocycles. The number of hydrogen-bond donors (Lipinski definition) is 2. The molecule has 0 bridgehead atoms. The van der Waals surface area contributed by atoms with Crippen molar-refractivity contribution in [3.05, 3.63) is 88.8 Å². The second kappa shape index (κ2) is 12.3. The number of ether oxygens (including phenoxy) is 1. The topological polar surface area (TPSA) is 118 Å². The van der Waals surface area contributed by atoms with Crippen molar-refractivity contribution >= 4 is 21.9 Å². The number of hydrogen-bond acceptors (Lipinski definition) is 7. The minimum atomic E-state index is -2.87. The molecule has 4 aromatic heterocycles. The lowest BCUT2D eigenvalue weighted by Gasteiger charge is -2.39. The summed E-state index contributed by atoms with van der Waals surface area (Å²) < 4.78 is 52.0. The van der Waals surface area contributed by atoms with Crippen LogP contribution in [-0.4, -0.2) is 67.0 Å². The number of likely N-dealkylation sites (tertiary alicyclic amines) is 1. The number of aromatic amines is 2. The van der Waals surface area contributed by atoms with Crippen molar-refractivity contribution in [2.24, 2.45) is 0 Å². The van der Waals surface area contributed by atoms with Gasteiger partial charge in [-0.1, -0.05) is 18.6 Å². The molecule has 6 heterocycles. The molecule has 0 unspecified atom stereocenters. The first kappa shape index (κ1) is 29.0. The van der Waals surface area contributed by atoms with E-state index in [0.29, 0.717) is 33.4 Å². The van der Waals surface area contributed by atoms with Gasteiger partial charge in [0, 0.05) is 34.9 Å². The largest absolute Gasteiger partial charge is 0.415 e. The van der Waals surface area contributed by atoms with Gasteiger partial charge in [0.1, 0.15) is 5.82 Å². The molecular weight excluding hydrogens is 587 g/mol. The van der Waals surface area contributed by atoms with Crippen molar-refractivity contribution in [2.45, 2.75) is 38.3 Å². The van der Waals surface area contributed by atoms with Crippen molar-refractivity contribution in [1.29, 1.82) is 0 Å². The molecule has 0 spiro atoms. The summed E-state index contributed by atoms with van der Waals surface area (Å²) in [5.74, 6) is -1.33. The number of rotatable bonds is 6. The Bertz CT molecular complexity index is 1990. The van der Waals surface area contributed by atoms with Crippen molar-refractivity contribution < 1.29 is 22.3 Å². The van der Waals surface area contributed by atoms with Gasteiger partial charge in [-0.25, -0.2) is 9.18 Å². The number of aromatic nitrogens is 6. The van der Waals surface area contributed by atoms with Crippen LogP contribution in [0.25, 0.3) is 44.5 Å². The molecule has 2 fully saturated rings. The number of nitrogens with one attached hydrogen (secondary N) is 2. The highest BCUT2D eigenvalue weighted by Crippen LogP contribution is 2.32. The van der Waals surface area contributed by atoms with Crippen LogP contribution in [0.1, 0.15) is 37.3 Å². The van der Waals surface area contributed by atoms with Crippen LogP contribution >= 0.6 is 0 Å². The average Bonchev–Trinajstić information content (AvgIpc) is 3.77. The van der Waals surface area contributed by atoms with Gasteiger partial charge in [-0.3, -0.25) is 14.5 Å². The molecule has 2 saturated heterocycles. The number of piperidine rings is 1. The van der Waals surface area contributed by atoms with E-state index in [-0.39, 0.29) is 12.4 Å². The van der Waals surface area contributed by atoms with Gasteiger partial charge >= 0.3 is 12.1 Å². The van der Waals surface area contributed by atoms with Gasteiger partial charge in [0.25, 0.3) is 5.89 Å². The van der Waals surface area contributed by atoms with E-state index in [2.05, 4.69) is 30.0 Å². The lowest BCUT2D eigenvalue weighted by molar-refractivity contribution is -0.0698. The Kier molecular flexibility index (Phi) is 7.94. The van der Waals surface area contributed by atoms with Crippen molar-refractivity contribution in [3.8, 4) is 22.6 Å². The van der Waals surface area contributed by atoms with Crippen LogP contribution in [0.5, 0.6) is 0 Å². The van der Waals surface area contributed by atoms with Crippen molar-refractivity contribution in [2.75, 3.05) is 26.3 Å². The summed E-state index contributed by atoms with van der Waals surface area (Å²) in [7, 11) is 0. The summed E-state index contributed by atoms with van der Waals surface area (Å²) in [6.07, 6.45) is 4.54. The summed E-state index contributed by atoms with van der Waals surface area (Å²) in [6.45, 7) is 4.67. The van der Waals surface area contributed by atoms with Gasteiger partial charge < -0.3 is 19.1 Å². The Labute approximate surface area is 254 Å². The number of benzene rings is 2. The molecule has 0 radical (unpaired) electrons. The van der Waals surface area contributed by atoms with Gasteiger partial charge in [0.2, 0.25) is 5.89 Å². The fourth-order valence-corrected chi connectivity index (χ4v) is 5.83. The number of halogens is 3. The quantitative estimate of drug-likeness (QED) is 0.238. The summed E-state index contributed by atoms with van der Waals surface area (Å²) in [6, 6.07) is 14.3. The highest BCUT2D eigenvalue weighted by atomic mass is 19.3. The smallest absolute Gasteiger partial charge is 0.326 e. The third-order valence-corrected chi connectivity index (χ3v) is 8.29. The Morgan fingerprint density at radius 1 is 0.978 bits per heavy atom. The first-order valence-corrected chi connectivity index (χ1v) is 14.8. The number of alkyl halides is 2. The molecule has 0 aliphatic carbocycles. The highest BCUT2D eigenvalue weighted by Gasteiger charge is 2.26. The van der Waals surface area contributed by atoms with E-state index >= 15 is 4.39 Å². The third kappa shape index (κ3) is 5.88. The standard InChI is InChI=1S/C24H15F3N6O2.C8H15NO/c25-17-9-20-19(8-16(17)14-2-1-3-18-15(14)6-7-28-18)30-24(34)33(20)11-13-5-4-12(10-29-13)22-31-32-23(35-22)21(26)27;1-2-4-9(5-3-1)8-6-10-7-8/h1-10,21,28H,11H2,(H,30,34);8H,1-7H2. The zero-order valence-electron chi connectivity index (χ0n) is 24.2. The Hall–Kier alpha value is -4.75. The first-order valence-electron chi connectivity index (χ1n) is 14.8. The van der Waals surface area contributed by atoms with Crippen LogP contribution in [-0.2, 0) is 11.3 Å². The van der Waals surface area contributed by atoms with Gasteiger partial charge in [-0.05, 0) is 61.8 Å². The highest BCUT2D eigenvalue weighted by molar-refractivity contribution is 5.97. The van der Waals surface area contributed by atoms with E-state index in [1.54, 1.807) is 24.4 Å². The van der Waals surface area contributed by atoms with Crippen LogP contribution in [0.3, 0.4) is 0 Å². The van der Waals surface area contributed by atoms with Crippen molar-refractivity contribution in [3.63, 3.8) is 0 Å². The Morgan fingerprint density at radius 2 is 1.82 bits per heavy atom. The maximum absolute atomic E-state index is 15.2. The van der Waals surface area contributed by atoms with Crippen LogP contribution in [0.2, 0.25) is 0 Å². The predicted molar refractivity (Wildman–Crippen MR) is 161 cm³/mol. The maximum atomic E-state index is 15.2. The molecule has 2 aliphatic rings. The lowest BCUT2D eigenvalue weighted by atomic mass is 10.0. The summed E-state index contributed by atoms with van der Waals surface area (Å²) >= 11 is 0. The van der Waals surface area contributed by atoms with E-state index in [4.69, 9.17) is 9.15 Å². The molecular formula is C32H30F3N7O3. The zero-order chi connectivity index (χ0) is 30.9. The molecule has 2 aliphatic heterocycles. The molecule has 2 aromatic carbocycles. The van der Waals surface area contributed by atoms with Crippen LogP contribution in [0.15, 0.2) is 70.1 Å². The number of H-pyrrole nitrogens is 2. The zero-order valence-corrected chi connectivity index (χ0v) is 24.2. The molecule has 10 nitrogen and oxygen atoms in total. The van der Waals surface area contributed by atoms with E-state index in [0.717, 1.165) is 30.2 Å².